The second-order valence-electron chi connectivity index (χ2n) is 6.02. The molecule has 4 aromatic rings. The maximum atomic E-state index is 12.2. The lowest BCUT2D eigenvalue weighted by molar-refractivity contribution is -0.118. The van der Waals surface area contributed by atoms with Gasteiger partial charge in [-0.15, -0.1) is 5.10 Å². The summed E-state index contributed by atoms with van der Waals surface area (Å²) in [6, 6.07) is 25.4. The van der Waals surface area contributed by atoms with Gasteiger partial charge < -0.3 is 10.1 Å². The van der Waals surface area contributed by atoms with E-state index in [9.17, 15) is 4.79 Å². The molecule has 5 nitrogen and oxygen atoms in total. The Morgan fingerprint density at radius 3 is 2.37 bits per heavy atom. The van der Waals surface area contributed by atoms with Crippen LogP contribution in [-0.2, 0) is 4.79 Å². The number of rotatable bonds is 5. The fraction of sp³-hybridized carbons (Fsp3) is 0.0455. The van der Waals surface area contributed by atoms with Gasteiger partial charge in [-0.25, -0.2) is 0 Å². The SMILES string of the molecule is O=C(COc1nncc2ccccc12)Nc1ccc(-c2ccccc2)cc1. The van der Waals surface area contributed by atoms with E-state index < -0.39 is 0 Å². The molecular formula is C22H17N3O2. The molecule has 0 spiro atoms. The van der Waals surface area contributed by atoms with E-state index in [4.69, 9.17) is 4.74 Å². The number of fused-ring (bicyclic) bond motifs is 1. The van der Waals surface area contributed by atoms with Crippen LogP contribution in [0.4, 0.5) is 5.69 Å². The lowest BCUT2D eigenvalue weighted by Crippen LogP contribution is -2.20. The van der Waals surface area contributed by atoms with Crippen molar-refractivity contribution < 1.29 is 9.53 Å². The molecule has 0 aliphatic heterocycles. The van der Waals surface area contributed by atoms with Crippen LogP contribution in [0.25, 0.3) is 21.9 Å². The number of hydrogen-bond acceptors (Lipinski definition) is 4. The van der Waals surface area contributed by atoms with Crippen molar-refractivity contribution in [3.05, 3.63) is 85.1 Å². The number of anilines is 1. The fourth-order valence-corrected chi connectivity index (χ4v) is 2.82. The van der Waals surface area contributed by atoms with Crippen molar-refractivity contribution in [3.8, 4) is 17.0 Å². The number of carbonyl (C=O) groups is 1. The predicted octanol–water partition coefficient (Wildman–Crippen LogP) is 4.31. The van der Waals surface area contributed by atoms with Crippen molar-refractivity contribution in [2.45, 2.75) is 0 Å². The summed E-state index contributed by atoms with van der Waals surface area (Å²) < 4.78 is 5.56. The van der Waals surface area contributed by atoms with Crippen molar-refractivity contribution in [2.75, 3.05) is 11.9 Å². The van der Waals surface area contributed by atoms with Crippen LogP contribution in [0.1, 0.15) is 0 Å². The molecule has 0 saturated carbocycles. The van der Waals surface area contributed by atoms with Crippen LogP contribution in [0, 0.1) is 0 Å². The Labute approximate surface area is 156 Å². The number of amides is 1. The first-order chi connectivity index (χ1) is 13.3. The van der Waals surface area contributed by atoms with Crippen LogP contribution in [-0.4, -0.2) is 22.7 Å². The maximum Gasteiger partial charge on any atom is 0.262 e. The summed E-state index contributed by atoms with van der Waals surface area (Å²) in [5.74, 6) is 0.0971. The molecule has 1 amide bonds. The van der Waals surface area contributed by atoms with E-state index in [-0.39, 0.29) is 12.5 Å². The van der Waals surface area contributed by atoms with E-state index in [1.807, 2.05) is 78.9 Å². The molecule has 0 radical (unpaired) electrons. The molecule has 1 aromatic heterocycles. The highest BCUT2D eigenvalue weighted by Gasteiger charge is 2.08. The Balaban J connectivity index is 1.39. The van der Waals surface area contributed by atoms with Gasteiger partial charge in [0.1, 0.15) is 0 Å². The topological polar surface area (TPSA) is 64.1 Å². The van der Waals surface area contributed by atoms with Gasteiger partial charge in [-0.1, -0.05) is 60.7 Å². The van der Waals surface area contributed by atoms with Crippen molar-refractivity contribution in [3.63, 3.8) is 0 Å². The monoisotopic (exact) mass is 355 g/mol. The van der Waals surface area contributed by atoms with Gasteiger partial charge in [-0.05, 0) is 29.3 Å². The van der Waals surface area contributed by atoms with Crippen molar-refractivity contribution in [2.24, 2.45) is 0 Å². The molecule has 27 heavy (non-hydrogen) atoms. The quantitative estimate of drug-likeness (QED) is 0.579. The van der Waals surface area contributed by atoms with Crippen LogP contribution >= 0.6 is 0 Å². The molecule has 0 unspecified atom stereocenters. The molecule has 132 valence electrons. The van der Waals surface area contributed by atoms with Gasteiger partial charge in [0.05, 0.1) is 6.20 Å². The lowest BCUT2D eigenvalue weighted by Gasteiger charge is -2.09. The third kappa shape index (κ3) is 3.93. The van der Waals surface area contributed by atoms with Gasteiger partial charge in [0.2, 0.25) is 5.88 Å². The molecule has 0 bridgehead atoms. The van der Waals surface area contributed by atoms with E-state index in [1.165, 1.54) is 0 Å². The highest BCUT2D eigenvalue weighted by Crippen LogP contribution is 2.22. The molecule has 0 aliphatic carbocycles. The summed E-state index contributed by atoms with van der Waals surface area (Å²) in [6.07, 6.45) is 1.66. The van der Waals surface area contributed by atoms with E-state index in [2.05, 4.69) is 15.5 Å². The third-order valence-electron chi connectivity index (χ3n) is 4.15. The van der Waals surface area contributed by atoms with Gasteiger partial charge in [0.15, 0.2) is 6.61 Å². The minimum Gasteiger partial charge on any atom is -0.466 e. The zero-order valence-electron chi connectivity index (χ0n) is 14.5. The maximum absolute atomic E-state index is 12.2. The molecule has 0 aliphatic rings. The van der Waals surface area contributed by atoms with E-state index in [0.29, 0.717) is 11.6 Å². The predicted molar refractivity (Wildman–Crippen MR) is 106 cm³/mol. The third-order valence-corrected chi connectivity index (χ3v) is 4.15. The standard InChI is InChI=1S/C22H17N3O2/c26-21(15-27-22-20-9-5-4-8-18(20)14-23-25-22)24-19-12-10-17(11-13-19)16-6-2-1-3-7-16/h1-14H,15H2,(H,24,26). The smallest absolute Gasteiger partial charge is 0.262 e. The molecule has 5 heteroatoms. The van der Waals surface area contributed by atoms with Crippen LogP contribution < -0.4 is 10.1 Å². The van der Waals surface area contributed by atoms with E-state index in [1.54, 1.807) is 6.20 Å². The Kier molecular flexibility index (Phi) is 4.74. The number of nitrogens with one attached hydrogen (secondary N) is 1. The molecule has 1 heterocycles. The Hall–Kier alpha value is -3.73. The first-order valence-corrected chi connectivity index (χ1v) is 8.58. The number of ether oxygens (including phenoxy) is 1. The highest BCUT2D eigenvalue weighted by atomic mass is 16.5. The first-order valence-electron chi connectivity index (χ1n) is 8.58. The summed E-state index contributed by atoms with van der Waals surface area (Å²) in [4.78, 5) is 12.2. The highest BCUT2D eigenvalue weighted by molar-refractivity contribution is 5.92. The van der Waals surface area contributed by atoms with Gasteiger partial charge in [-0.3, -0.25) is 4.79 Å². The Bertz CT molecular complexity index is 1060. The summed E-state index contributed by atoms with van der Waals surface area (Å²) in [5.41, 5.74) is 2.94. The summed E-state index contributed by atoms with van der Waals surface area (Å²) >= 11 is 0. The number of aromatic nitrogens is 2. The van der Waals surface area contributed by atoms with Crippen LogP contribution in [0.2, 0.25) is 0 Å². The van der Waals surface area contributed by atoms with Crippen LogP contribution in [0.5, 0.6) is 5.88 Å². The molecule has 1 N–H and O–H groups in total. The van der Waals surface area contributed by atoms with Crippen molar-refractivity contribution in [1.82, 2.24) is 10.2 Å². The largest absolute Gasteiger partial charge is 0.466 e. The van der Waals surface area contributed by atoms with E-state index in [0.717, 1.165) is 21.9 Å². The zero-order chi connectivity index (χ0) is 18.5. The second-order valence-corrected chi connectivity index (χ2v) is 6.02. The average molecular weight is 355 g/mol. The van der Waals surface area contributed by atoms with Crippen LogP contribution in [0.15, 0.2) is 85.1 Å². The molecular weight excluding hydrogens is 338 g/mol. The molecule has 3 aromatic carbocycles. The fourth-order valence-electron chi connectivity index (χ4n) is 2.82. The number of hydrogen-bond donors (Lipinski definition) is 1. The second kappa shape index (κ2) is 7.66. The minimum absolute atomic E-state index is 0.136. The van der Waals surface area contributed by atoms with Crippen LogP contribution in [0.3, 0.4) is 0 Å². The summed E-state index contributed by atoms with van der Waals surface area (Å²) in [6.45, 7) is -0.136. The van der Waals surface area contributed by atoms with Gasteiger partial charge >= 0.3 is 0 Å². The van der Waals surface area contributed by atoms with Gasteiger partial charge in [0, 0.05) is 16.5 Å². The van der Waals surface area contributed by atoms with Gasteiger partial charge in [0.25, 0.3) is 5.91 Å². The lowest BCUT2D eigenvalue weighted by atomic mass is 10.1. The first kappa shape index (κ1) is 16.7. The Morgan fingerprint density at radius 1 is 0.852 bits per heavy atom. The summed E-state index contributed by atoms with van der Waals surface area (Å²) in [7, 11) is 0. The molecule has 0 fully saturated rings. The minimum atomic E-state index is -0.253. The normalized spacial score (nSPS) is 10.5. The number of nitrogens with zero attached hydrogens (tertiary/aromatic N) is 2. The van der Waals surface area contributed by atoms with Crippen molar-refractivity contribution in [1.29, 1.82) is 0 Å². The number of benzene rings is 3. The molecule has 0 saturated heterocycles. The molecule has 4 rings (SSSR count). The van der Waals surface area contributed by atoms with Gasteiger partial charge in [-0.2, -0.15) is 5.10 Å². The molecule has 0 atom stereocenters. The zero-order valence-corrected chi connectivity index (χ0v) is 14.5. The number of carbonyl (C=O) groups excluding carboxylic acids is 1. The Morgan fingerprint density at radius 2 is 1.56 bits per heavy atom. The average Bonchev–Trinajstić information content (AvgIpc) is 2.73. The van der Waals surface area contributed by atoms with E-state index >= 15 is 0 Å². The summed E-state index contributed by atoms with van der Waals surface area (Å²) in [5, 5.41) is 12.5. The van der Waals surface area contributed by atoms with Crippen molar-refractivity contribution >= 4 is 22.4 Å².